The van der Waals surface area contributed by atoms with Crippen molar-refractivity contribution in [2.24, 2.45) is 0 Å². The Balaban J connectivity index is 1.55. The number of hydrogen-bond donors (Lipinski definition) is 1. The summed E-state index contributed by atoms with van der Waals surface area (Å²) in [6.45, 7) is 3.65. The average Bonchev–Trinajstić information content (AvgIpc) is 3.41. The van der Waals surface area contributed by atoms with Gasteiger partial charge in [0.2, 0.25) is 0 Å². The first kappa shape index (κ1) is 17.2. The number of nitrogens with zero attached hydrogens (tertiary/aromatic N) is 5. The van der Waals surface area contributed by atoms with Crippen LogP contribution in [0.2, 0.25) is 0 Å². The second-order valence-electron chi connectivity index (χ2n) is 6.66. The Morgan fingerprint density at radius 3 is 2.74 bits per heavy atom. The van der Waals surface area contributed by atoms with Crippen molar-refractivity contribution >= 4 is 11.7 Å². The first-order valence-corrected chi connectivity index (χ1v) is 9.19. The van der Waals surface area contributed by atoms with Gasteiger partial charge in [-0.05, 0) is 37.5 Å². The van der Waals surface area contributed by atoms with E-state index in [-0.39, 0.29) is 11.9 Å². The summed E-state index contributed by atoms with van der Waals surface area (Å²) in [5, 5.41) is 7.69. The minimum atomic E-state index is -0.0479. The van der Waals surface area contributed by atoms with E-state index < -0.39 is 0 Å². The normalized spacial score (nSPS) is 14.9. The van der Waals surface area contributed by atoms with Crippen LogP contribution in [-0.4, -0.2) is 43.6 Å². The van der Waals surface area contributed by atoms with Gasteiger partial charge in [-0.2, -0.15) is 5.10 Å². The molecule has 27 heavy (non-hydrogen) atoms. The van der Waals surface area contributed by atoms with Crippen LogP contribution in [0, 0.1) is 0 Å². The number of nitrogens with one attached hydrogen (secondary N) is 1. The predicted molar refractivity (Wildman–Crippen MR) is 103 cm³/mol. The van der Waals surface area contributed by atoms with Crippen LogP contribution >= 0.6 is 0 Å². The summed E-state index contributed by atoms with van der Waals surface area (Å²) in [6, 6.07) is 9.94. The highest BCUT2D eigenvalue weighted by Crippen LogP contribution is 2.24. The van der Waals surface area contributed by atoms with E-state index in [1.165, 1.54) is 6.20 Å². The molecule has 3 heterocycles. The predicted octanol–water partition coefficient (Wildman–Crippen LogP) is 3.07. The molecular formula is C20H22N6O. The molecule has 3 aromatic rings. The zero-order chi connectivity index (χ0) is 18.6. The molecule has 0 aliphatic carbocycles. The van der Waals surface area contributed by atoms with Gasteiger partial charge in [-0.15, -0.1) is 0 Å². The highest BCUT2D eigenvalue weighted by molar-refractivity contribution is 5.92. The molecule has 7 nitrogen and oxygen atoms in total. The van der Waals surface area contributed by atoms with E-state index in [0.717, 1.165) is 37.2 Å². The van der Waals surface area contributed by atoms with E-state index in [0.29, 0.717) is 11.5 Å². The average molecular weight is 362 g/mol. The lowest BCUT2D eigenvalue weighted by atomic mass is 10.1. The van der Waals surface area contributed by atoms with Crippen molar-refractivity contribution in [1.82, 2.24) is 24.6 Å². The van der Waals surface area contributed by atoms with Gasteiger partial charge in [-0.1, -0.05) is 18.2 Å². The Hall–Kier alpha value is -3.22. The van der Waals surface area contributed by atoms with Gasteiger partial charge in [0.05, 0.1) is 24.1 Å². The van der Waals surface area contributed by atoms with Crippen LogP contribution in [0.1, 0.15) is 41.9 Å². The molecule has 1 amide bonds. The fourth-order valence-corrected chi connectivity index (χ4v) is 3.39. The van der Waals surface area contributed by atoms with Crippen LogP contribution < -0.4 is 5.32 Å². The summed E-state index contributed by atoms with van der Waals surface area (Å²) in [5.41, 5.74) is 2.47. The van der Waals surface area contributed by atoms with Gasteiger partial charge in [0.15, 0.2) is 0 Å². The Morgan fingerprint density at radius 1 is 1.15 bits per heavy atom. The highest BCUT2D eigenvalue weighted by atomic mass is 16.2. The van der Waals surface area contributed by atoms with Gasteiger partial charge < -0.3 is 10.2 Å². The maximum atomic E-state index is 12.5. The third kappa shape index (κ3) is 3.67. The van der Waals surface area contributed by atoms with E-state index in [9.17, 15) is 4.79 Å². The molecule has 0 bridgehead atoms. The lowest BCUT2D eigenvalue weighted by Gasteiger charge is -2.19. The molecule has 1 aliphatic rings. The van der Waals surface area contributed by atoms with Crippen molar-refractivity contribution < 1.29 is 4.79 Å². The molecular weight excluding hydrogens is 340 g/mol. The number of carbonyl (C=O) groups is 1. The number of para-hydroxylation sites is 1. The maximum absolute atomic E-state index is 12.5. The molecule has 0 radical (unpaired) electrons. The molecule has 7 heteroatoms. The molecule has 1 fully saturated rings. The zero-order valence-corrected chi connectivity index (χ0v) is 15.2. The Morgan fingerprint density at radius 2 is 1.96 bits per heavy atom. The Kier molecular flexibility index (Phi) is 4.82. The van der Waals surface area contributed by atoms with Crippen molar-refractivity contribution in [3.8, 4) is 5.69 Å². The molecule has 1 N–H and O–H groups in total. The van der Waals surface area contributed by atoms with E-state index >= 15 is 0 Å². The molecule has 2 aromatic heterocycles. The first-order valence-electron chi connectivity index (χ1n) is 9.19. The monoisotopic (exact) mass is 362 g/mol. The summed E-state index contributed by atoms with van der Waals surface area (Å²) in [5.74, 6) is 0.538. The highest BCUT2D eigenvalue weighted by Gasteiger charge is 2.21. The molecule has 1 atom stereocenters. The number of anilines is 1. The lowest BCUT2D eigenvalue weighted by Crippen LogP contribution is -2.28. The lowest BCUT2D eigenvalue weighted by molar-refractivity contribution is 0.0786. The second-order valence-corrected chi connectivity index (χ2v) is 6.66. The number of amides is 1. The Bertz CT molecular complexity index is 918. The number of likely N-dealkylation sites (tertiary alicyclic amines) is 1. The number of carbonyl (C=O) groups excluding carboxylic acids is 1. The molecule has 0 spiro atoms. The minimum absolute atomic E-state index is 0.0307. The van der Waals surface area contributed by atoms with Crippen molar-refractivity contribution in [2.75, 3.05) is 18.4 Å². The number of hydrogen-bond acceptors (Lipinski definition) is 5. The topological polar surface area (TPSA) is 75.9 Å². The third-order valence-corrected chi connectivity index (χ3v) is 4.77. The van der Waals surface area contributed by atoms with Crippen LogP contribution in [0.3, 0.4) is 0 Å². The summed E-state index contributed by atoms with van der Waals surface area (Å²) in [7, 11) is 0. The van der Waals surface area contributed by atoms with Crippen molar-refractivity contribution in [3.05, 3.63) is 66.4 Å². The van der Waals surface area contributed by atoms with Crippen LogP contribution in [0.4, 0.5) is 5.82 Å². The standard InChI is InChI=1S/C20H22N6O/c1-15(16-7-2-3-8-18(16)26-12-6-9-22-26)23-19-14-21-13-17(24-19)20(27)25-10-4-5-11-25/h2-3,6-9,12-15H,4-5,10-11H2,1H3,(H,23,24). The van der Waals surface area contributed by atoms with Crippen molar-refractivity contribution in [2.45, 2.75) is 25.8 Å². The van der Waals surface area contributed by atoms with Crippen molar-refractivity contribution in [1.29, 1.82) is 0 Å². The van der Waals surface area contributed by atoms with Crippen LogP contribution in [0.25, 0.3) is 5.69 Å². The maximum Gasteiger partial charge on any atom is 0.274 e. The van der Waals surface area contributed by atoms with Crippen molar-refractivity contribution in [3.63, 3.8) is 0 Å². The molecule has 138 valence electrons. The van der Waals surface area contributed by atoms with Crippen LogP contribution in [-0.2, 0) is 0 Å². The molecule has 0 saturated carbocycles. The summed E-state index contributed by atoms with van der Waals surface area (Å²) >= 11 is 0. The second kappa shape index (κ2) is 7.57. The number of benzene rings is 1. The summed E-state index contributed by atoms with van der Waals surface area (Å²) in [4.78, 5) is 23.1. The minimum Gasteiger partial charge on any atom is -0.362 e. The van der Waals surface area contributed by atoms with Gasteiger partial charge >= 0.3 is 0 Å². The fourth-order valence-electron chi connectivity index (χ4n) is 3.39. The summed E-state index contributed by atoms with van der Waals surface area (Å²) < 4.78 is 1.84. The van der Waals surface area contributed by atoms with Gasteiger partial charge in [0.1, 0.15) is 11.5 Å². The van der Waals surface area contributed by atoms with Crippen LogP contribution in [0.5, 0.6) is 0 Å². The fraction of sp³-hybridized carbons (Fsp3) is 0.300. The largest absolute Gasteiger partial charge is 0.362 e. The van der Waals surface area contributed by atoms with Gasteiger partial charge in [-0.3, -0.25) is 9.78 Å². The molecule has 1 aliphatic heterocycles. The van der Waals surface area contributed by atoms with Gasteiger partial charge in [0, 0.05) is 25.5 Å². The van der Waals surface area contributed by atoms with E-state index in [2.05, 4.69) is 33.4 Å². The Labute approximate surface area is 158 Å². The summed E-state index contributed by atoms with van der Waals surface area (Å²) in [6.07, 6.45) is 8.97. The van der Waals surface area contributed by atoms with E-state index in [1.807, 2.05) is 40.0 Å². The van der Waals surface area contributed by atoms with Gasteiger partial charge in [0.25, 0.3) is 5.91 Å². The number of aromatic nitrogens is 4. The molecule has 1 aromatic carbocycles. The van der Waals surface area contributed by atoms with Gasteiger partial charge in [-0.25, -0.2) is 9.67 Å². The SMILES string of the molecule is CC(Nc1cncc(C(=O)N2CCCC2)n1)c1ccccc1-n1cccn1. The van der Waals surface area contributed by atoms with E-state index in [4.69, 9.17) is 0 Å². The first-order chi connectivity index (χ1) is 13.2. The zero-order valence-electron chi connectivity index (χ0n) is 15.2. The third-order valence-electron chi connectivity index (χ3n) is 4.77. The molecule has 4 rings (SSSR count). The molecule has 1 saturated heterocycles. The van der Waals surface area contributed by atoms with E-state index in [1.54, 1.807) is 12.4 Å². The quantitative estimate of drug-likeness (QED) is 0.755. The molecule has 1 unspecified atom stereocenters. The van der Waals surface area contributed by atoms with Crippen LogP contribution in [0.15, 0.2) is 55.1 Å². The smallest absolute Gasteiger partial charge is 0.274 e. The number of rotatable bonds is 5.